The van der Waals surface area contributed by atoms with Crippen molar-refractivity contribution < 1.29 is 4.79 Å². The van der Waals surface area contributed by atoms with Crippen molar-refractivity contribution >= 4 is 34.0 Å². The number of halogens is 1. The number of benzene rings is 1. The third-order valence-corrected chi connectivity index (χ3v) is 3.34. The van der Waals surface area contributed by atoms with Gasteiger partial charge in [0.05, 0.1) is 0 Å². The molecule has 1 aromatic carbocycles. The summed E-state index contributed by atoms with van der Waals surface area (Å²) in [5.41, 5.74) is 2.05. The summed E-state index contributed by atoms with van der Waals surface area (Å²) in [7, 11) is 0. The molecule has 0 aliphatic rings. The molecule has 15 heavy (non-hydrogen) atoms. The first kappa shape index (κ1) is 12.5. The van der Waals surface area contributed by atoms with Gasteiger partial charge in [-0.25, -0.2) is 0 Å². The molecule has 0 bridgehead atoms. The Labute approximate surface area is 103 Å². The van der Waals surface area contributed by atoms with Gasteiger partial charge in [0.2, 0.25) is 0 Å². The molecule has 0 fully saturated rings. The van der Waals surface area contributed by atoms with Crippen molar-refractivity contribution in [2.45, 2.75) is 18.7 Å². The normalized spacial score (nSPS) is 9.80. The van der Waals surface area contributed by atoms with Crippen LogP contribution in [0.3, 0.4) is 0 Å². The zero-order valence-corrected chi connectivity index (χ0v) is 11.2. The van der Waals surface area contributed by atoms with Gasteiger partial charge in [0.1, 0.15) is 0 Å². The van der Waals surface area contributed by atoms with Gasteiger partial charge in [-0.05, 0) is 32.0 Å². The summed E-state index contributed by atoms with van der Waals surface area (Å²) in [4.78, 5) is 11.9. The largest absolute Gasteiger partial charge is 0.298 e. The zero-order valence-electron chi connectivity index (χ0n) is 8.79. The van der Waals surface area contributed by atoms with E-state index in [0.29, 0.717) is 0 Å². The molecule has 1 aromatic rings. The number of hydrogen-bond donors (Lipinski definition) is 0. The number of carbonyl (C=O) groups is 1. The Morgan fingerprint density at radius 1 is 1.47 bits per heavy atom. The van der Waals surface area contributed by atoms with E-state index < -0.39 is 0 Å². The molecule has 0 aliphatic heterocycles. The van der Waals surface area contributed by atoms with Crippen LogP contribution in [0.2, 0.25) is 0 Å². The summed E-state index contributed by atoms with van der Waals surface area (Å²) in [5.74, 6) is 0.908. The molecule has 0 spiro atoms. The highest BCUT2D eigenvalue weighted by Gasteiger charge is 2.01. The second-order valence-electron chi connectivity index (χ2n) is 3.39. The molecule has 0 unspecified atom stereocenters. The fraction of sp³-hybridized carbons (Fsp3) is 0.250. The minimum Gasteiger partial charge on any atom is -0.298 e. The number of rotatable bonds is 4. The van der Waals surface area contributed by atoms with Crippen molar-refractivity contribution in [2.75, 3.05) is 5.75 Å². The minimum atomic E-state index is 0.747. The van der Waals surface area contributed by atoms with Crippen molar-refractivity contribution in [3.05, 3.63) is 39.9 Å². The van der Waals surface area contributed by atoms with Gasteiger partial charge >= 0.3 is 0 Å². The van der Waals surface area contributed by atoms with Crippen LogP contribution in [0.4, 0.5) is 0 Å². The van der Waals surface area contributed by atoms with E-state index >= 15 is 0 Å². The monoisotopic (exact) mass is 284 g/mol. The number of thioether (sulfide) groups is 1. The van der Waals surface area contributed by atoms with Gasteiger partial charge in [-0.3, -0.25) is 4.79 Å². The first-order chi connectivity index (χ1) is 7.13. The van der Waals surface area contributed by atoms with Crippen LogP contribution < -0.4 is 0 Å². The SMILES string of the molecule is CC(C)=CCSc1ccc(Br)cc1C=O. The molecular formula is C12H13BrOS. The predicted molar refractivity (Wildman–Crippen MR) is 69.7 cm³/mol. The summed E-state index contributed by atoms with van der Waals surface area (Å²) >= 11 is 5.03. The molecular weight excluding hydrogens is 272 g/mol. The summed E-state index contributed by atoms with van der Waals surface area (Å²) in [5, 5.41) is 0. The topological polar surface area (TPSA) is 17.1 Å². The first-order valence-corrected chi connectivity index (χ1v) is 6.42. The van der Waals surface area contributed by atoms with Crippen LogP contribution in [0.25, 0.3) is 0 Å². The molecule has 0 radical (unpaired) electrons. The quantitative estimate of drug-likeness (QED) is 0.465. The van der Waals surface area contributed by atoms with Gasteiger partial charge in [-0.2, -0.15) is 0 Å². The van der Waals surface area contributed by atoms with E-state index in [1.807, 2.05) is 18.2 Å². The maximum atomic E-state index is 10.8. The molecule has 0 N–H and O–H groups in total. The van der Waals surface area contributed by atoms with E-state index in [4.69, 9.17) is 0 Å². The fourth-order valence-electron chi connectivity index (χ4n) is 1.04. The van der Waals surface area contributed by atoms with Gasteiger partial charge in [-0.1, -0.05) is 27.6 Å². The van der Waals surface area contributed by atoms with Crippen LogP contribution in [0.1, 0.15) is 24.2 Å². The maximum absolute atomic E-state index is 10.8. The Bertz CT molecular complexity index is 381. The summed E-state index contributed by atoms with van der Waals surface area (Å²) in [6.07, 6.45) is 3.05. The highest BCUT2D eigenvalue weighted by molar-refractivity contribution is 9.10. The molecule has 1 nitrogen and oxygen atoms in total. The Hall–Kier alpha value is -0.540. The third kappa shape index (κ3) is 4.22. The standard InChI is InChI=1S/C12H13BrOS/c1-9(2)5-6-15-12-4-3-11(13)7-10(12)8-14/h3-5,7-8H,6H2,1-2H3. The van der Waals surface area contributed by atoms with E-state index in [2.05, 4.69) is 35.9 Å². The smallest absolute Gasteiger partial charge is 0.151 e. The van der Waals surface area contributed by atoms with E-state index in [1.54, 1.807) is 11.8 Å². The summed E-state index contributed by atoms with van der Waals surface area (Å²) in [6.45, 7) is 4.14. The Morgan fingerprint density at radius 2 is 2.20 bits per heavy atom. The zero-order chi connectivity index (χ0) is 11.3. The molecule has 0 heterocycles. The van der Waals surface area contributed by atoms with Crippen molar-refractivity contribution in [2.24, 2.45) is 0 Å². The maximum Gasteiger partial charge on any atom is 0.151 e. The molecule has 0 atom stereocenters. The molecule has 0 saturated carbocycles. The van der Waals surface area contributed by atoms with Crippen molar-refractivity contribution in [3.8, 4) is 0 Å². The molecule has 1 rings (SSSR count). The van der Waals surface area contributed by atoms with Crippen molar-refractivity contribution in [1.29, 1.82) is 0 Å². The number of hydrogen-bond acceptors (Lipinski definition) is 2. The van der Waals surface area contributed by atoms with E-state index in [1.165, 1.54) is 5.57 Å². The van der Waals surface area contributed by atoms with Gasteiger partial charge in [0, 0.05) is 20.7 Å². The Balaban J connectivity index is 2.76. The van der Waals surface area contributed by atoms with Crippen LogP contribution in [0, 0.1) is 0 Å². The second kappa shape index (κ2) is 6.13. The Kier molecular flexibility index (Phi) is 5.12. The lowest BCUT2D eigenvalue weighted by Crippen LogP contribution is -1.86. The second-order valence-corrected chi connectivity index (χ2v) is 5.37. The average Bonchev–Trinajstić information content (AvgIpc) is 2.19. The predicted octanol–water partition coefficient (Wildman–Crippen LogP) is 4.32. The molecule has 3 heteroatoms. The molecule has 80 valence electrons. The lowest BCUT2D eigenvalue weighted by molar-refractivity contribution is 0.112. The molecule has 0 aliphatic carbocycles. The highest BCUT2D eigenvalue weighted by atomic mass is 79.9. The fourth-order valence-corrected chi connectivity index (χ4v) is 2.45. The van der Waals surface area contributed by atoms with Crippen LogP contribution in [0.5, 0.6) is 0 Å². The van der Waals surface area contributed by atoms with Crippen molar-refractivity contribution in [3.63, 3.8) is 0 Å². The third-order valence-electron chi connectivity index (χ3n) is 1.83. The molecule has 0 aromatic heterocycles. The van der Waals surface area contributed by atoms with Crippen molar-refractivity contribution in [1.82, 2.24) is 0 Å². The van der Waals surface area contributed by atoms with Gasteiger partial charge in [0.15, 0.2) is 6.29 Å². The van der Waals surface area contributed by atoms with Crippen LogP contribution in [0.15, 0.2) is 39.2 Å². The van der Waals surface area contributed by atoms with Gasteiger partial charge in [-0.15, -0.1) is 11.8 Å². The van der Waals surface area contributed by atoms with Crippen LogP contribution in [-0.2, 0) is 0 Å². The van der Waals surface area contributed by atoms with Gasteiger partial charge < -0.3 is 0 Å². The van der Waals surface area contributed by atoms with E-state index in [9.17, 15) is 4.79 Å². The number of carbonyl (C=O) groups excluding carboxylic acids is 1. The van der Waals surface area contributed by atoms with E-state index in [-0.39, 0.29) is 0 Å². The number of allylic oxidation sites excluding steroid dienone is 1. The number of aldehydes is 1. The van der Waals surface area contributed by atoms with E-state index in [0.717, 1.165) is 27.0 Å². The van der Waals surface area contributed by atoms with Crippen LogP contribution in [-0.4, -0.2) is 12.0 Å². The lowest BCUT2D eigenvalue weighted by Gasteiger charge is -2.03. The Morgan fingerprint density at radius 3 is 2.80 bits per heavy atom. The summed E-state index contributed by atoms with van der Waals surface area (Å²) < 4.78 is 0.941. The first-order valence-electron chi connectivity index (χ1n) is 4.64. The molecule has 0 amide bonds. The van der Waals surface area contributed by atoms with Crippen LogP contribution >= 0.6 is 27.7 Å². The average molecular weight is 285 g/mol. The highest BCUT2D eigenvalue weighted by Crippen LogP contribution is 2.25. The lowest BCUT2D eigenvalue weighted by atomic mass is 10.2. The van der Waals surface area contributed by atoms with Gasteiger partial charge in [0.25, 0.3) is 0 Å². The minimum absolute atomic E-state index is 0.747. The molecule has 0 saturated heterocycles. The summed E-state index contributed by atoms with van der Waals surface area (Å²) in [6, 6.07) is 5.77.